The van der Waals surface area contributed by atoms with Crippen LogP contribution in [0.3, 0.4) is 0 Å². The molecule has 2 bridgehead atoms. The van der Waals surface area contributed by atoms with Crippen LogP contribution in [0.1, 0.15) is 25.3 Å². The van der Waals surface area contributed by atoms with Crippen LogP contribution >= 0.6 is 0 Å². The number of esters is 1. The first kappa shape index (κ1) is 20.2. The van der Waals surface area contributed by atoms with E-state index in [1.807, 2.05) is 55.4 Å². The van der Waals surface area contributed by atoms with E-state index in [0.717, 1.165) is 11.3 Å². The molecule has 0 spiro atoms. The third-order valence-electron chi connectivity index (χ3n) is 5.54. The number of nitrogens with one attached hydrogen (secondary N) is 2. The number of carbonyl (C=O) groups excluding carboxylic acids is 2. The molecular formula is C21H23N5O3. The molecule has 2 N–H and O–H groups in total. The number of ether oxygens (including phenoxy) is 1. The van der Waals surface area contributed by atoms with E-state index in [0.29, 0.717) is 0 Å². The lowest BCUT2D eigenvalue weighted by molar-refractivity contribution is -0.160. The van der Waals surface area contributed by atoms with Crippen molar-refractivity contribution in [3.05, 3.63) is 41.1 Å². The van der Waals surface area contributed by atoms with E-state index in [4.69, 9.17) is 4.74 Å². The molecule has 3 aliphatic heterocycles. The molecule has 0 aromatic heterocycles. The number of rotatable bonds is 4. The molecule has 3 heterocycles. The van der Waals surface area contributed by atoms with Crippen LogP contribution in [-0.4, -0.2) is 38.2 Å². The number of amides is 1. The maximum Gasteiger partial charge on any atom is 0.313 e. The zero-order valence-electron chi connectivity index (χ0n) is 16.8. The van der Waals surface area contributed by atoms with E-state index >= 15 is 0 Å². The normalized spacial score (nSPS) is 27.2. The minimum absolute atomic E-state index is 0.159. The monoisotopic (exact) mass is 393 g/mol. The number of nitrogens with zero attached hydrogens (tertiary/aromatic N) is 3. The first-order chi connectivity index (χ1) is 13.8. The van der Waals surface area contributed by atoms with Gasteiger partial charge in [-0.3, -0.25) is 9.59 Å². The summed E-state index contributed by atoms with van der Waals surface area (Å²) in [5.74, 6) is -2.93. The molecule has 8 heteroatoms. The fourth-order valence-electron chi connectivity index (χ4n) is 4.26. The lowest BCUT2D eigenvalue weighted by atomic mass is 9.63. The predicted octanol–water partition coefficient (Wildman–Crippen LogP) is 1.38. The van der Waals surface area contributed by atoms with Gasteiger partial charge >= 0.3 is 5.97 Å². The van der Waals surface area contributed by atoms with Gasteiger partial charge in [-0.05, 0) is 31.5 Å². The quantitative estimate of drug-likeness (QED) is 0.586. The van der Waals surface area contributed by atoms with Gasteiger partial charge in [0, 0.05) is 25.7 Å². The Morgan fingerprint density at radius 2 is 1.83 bits per heavy atom. The van der Waals surface area contributed by atoms with Gasteiger partial charge in [-0.1, -0.05) is 12.1 Å². The minimum atomic E-state index is -1.18. The molecule has 3 aliphatic rings. The number of fused-ring (bicyclic) bond motifs is 3. The van der Waals surface area contributed by atoms with Crippen molar-refractivity contribution in [3.63, 3.8) is 0 Å². The first-order valence-electron chi connectivity index (χ1n) is 9.35. The summed E-state index contributed by atoms with van der Waals surface area (Å²) < 4.78 is 5.31. The smallest absolute Gasteiger partial charge is 0.313 e. The highest BCUT2D eigenvalue weighted by Crippen LogP contribution is 2.49. The third-order valence-corrected chi connectivity index (χ3v) is 5.54. The van der Waals surface area contributed by atoms with Crippen LogP contribution in [0.15, 0.2) is 35.5 Å². The van der Waals surface area contributed by atoms with Crippen LogP contribution in [0.4, 0.5) is 5.69 Å². The van der Waals surface area contributed by atoms with Crippen LogP contribution in [0.2, 0.25) is 0 Å². The summed E-state index contributed by atoms with van der Waals surface area (Å²) in [5.41, 5.74) is 0.657. The number of allylic oxidation sites excluding steroid dienone is 1. The fourth-order valence-corrected chi connectivity index (χ4v) is 4.26. The van der Waals surface area contributed by atoms with Crippen LogP contribution in [0.25, 0.3) is 0 Å². The lowest BCUT2D eigenvalue weighted by Crippen LogP contribution is -2.75. The van der Waals surface area contributed by atoms with E-state index in [2.05, 4.69) is 10.6 Å². The SMILES string of the molecule is CCOC(=O)[C@H]1[C@H](c2ccc(N(C)C)cc2)[C@H]2C(=O)N[C@@]1(C)NC2=C(C#N)C#N. The van der Waals surface area contributed by atoms with E-state index in [1.165, 1.54) is 0 Å². The molecule has 3 saturated heterocycles. The zero-order valence-corrected chi connectivity index (χ0v) is 16.8. The molecule has 0 unspecified atom stereocenters. The molecule has 0 radical (unpaired) electrons. The van der Waals surface area contributed by atoms with Crippen molar-refractivity contribution in [3.8, 4) is 12.1 Å². The zero-order chi connectivity index (χ0) is 21.3. The van der Waals surface area contributed by atoms with Gasteiger partial charge in [-0.2, -0.15) is 10.5 Å². The van der Waals surface area contributed by atoms with Crippen molar-refractivity contribution in [2.24, 2.45) is 11.8 Å². The number of benzene rings is 1. The number of hydrogen-bond donors (Lipinski definition) is 2. The van der Waals surface area contributed by atoms with Crippen LogP contribution in [-0.2, 0) is 14.3 Å². The molecule has 1 aromatic carbocycles. The van der Waals surface area contributed by atoms with Crippen molar-refractivity contribution >= 4 is 17.6 Å². The van der Waals surface area contributed by atoms with Gasteiger partial charge in [-0.15, -0.1) is 0 Å². The molecule has 0 saturated carbocycles. The highest BCUT2D eigenvalue weighted by atomic mass is 16.5. The third kappa shape index (κ3) is 3.27. The standard InChI is InChI=1S/C21H23N5O3/c1-5-29-20(28)17-15(12-6-8-14(9-7-12)26(3)4)16-18(13(10-22)11-23)24-21(17,2)25-19(16)27/h6-9,15-17,24H,5H2,1-4H3,(H,25,27)/t15-,16-,17-,21-/m1/s1. The van der Waals surface area contributed by atoms with Gasteiger partial charge in [-0.25, -0.2) is 0 Å². The number of anilines is 1. The summed E-state index contributed by atoms with van der Waals surface area (Å²) in [7, 11) is 3.84. The highest BCUT2D eigenvalue weighted by Gasteiger charge is 2.61. The van der Waals surface area contributed by atoms with Crippen molar-refractivity contribution in [1.82, 2.24) is 10.6 Å². The van der Waals surface area contributed by atoms with E-state index in [9.17, 15) is 20.1 Å². The Kier molecular flexibility index (Phi) is 5.21. The molecule has 150 valence electrons. The first-order valence-corrected chi connectivity index (χ1v) is 9.35. The van der Waals surface area contributed by atoms with Gasteiger partial charge in [0.2, 0.25) is 5.91 Å². The summed E-state index contributed by atoms with van der Waals surface area (Å²) in [5, 5.41) is 24.7. The average Bonchev–Trinajstić information content (AvgIpc) is 2.67. The van der Waals surface area contributed by atoms with Gasteiger partial charge < -0.3 is 20.3 Å². The number of carbonyl (C=O) groups is 2. The molecule has 4 rings (SSSR count). The van der Waals surface area contributed by atoms with Crippen LogP contribution in [0, 0.1) is 34.5 Å². The highest BCUT2D eigenvalue weighted by molar-refractivity contribution is 5.91. The second kappa shape index (κ2) is 7.48. The summed E-state index contributed by atoms with van der Waals surface area (Å²) in [6, 6.07) is 11.3. The summed E-state index contributed by atoms with van der Waals surface area (Å²) in [6.45, 7) is 3.61. The van der Waals surface area contributed by atoms with E-state index in [1.54, 1.807) is 13.8 Å². The van der Waals surface area contributed by atoms with Gasteiger partial charge in [0.1, 0.15) is 29.3 Å². The Balaban J connectivity index is 2.20. The number of nitriles is 2. The molecular weight excluding hydrogens is 370 g/mol. The van der Waals surface area contributed by atoms with Gasteiger partial charge in [0.05, 0.1) is 18.2 Å². The molecule has 4 atom stereocenters. The summed E-state index contributed by atoms with van der Waals surface area (Å²) >= 11 is 0. The van der Waals surface area contributed by atoms with Crippen molar-refractivity contribution in [2.75, 3.05) is 25.6 Å². The summed E-state index contributed by atoms with van der Waals surface area (Å²) in [4.78, 5) is 27.8. The van der Waals surface area contributed by atoms with Gasteiger partial charge in [0.25, 0.3) is 0 Å². The van der Waals surface area contributed by atoms with Crippen molar-refractivity contribution < 1.29 is 14.3 Å². The molecule has 1 amide bonds. The van der Waals surface area contributed by atoms with Crippen LogP contribution in [0.5, 0.6) is 0 Å². The molecule has 1 aromatic rings. The maximum absolute atomic E-state index is 12.9. The minimum Gasteiger partial charge on any atom is -0.466 e. The average molecular weight is 393 g/mol. The topological polar surface area (TPSA) is 118 Å². The predicted molar refractivity (Wildman–Crippen MR) is 105 cm³/mol. The van der Waals surface area contributed by atoms with Gasteiger partial charge in [0.15, 0.2) is 0 Å². The molecule has 3 fully saturated rings. The fraction of sp³-hybridized carbons (Fsp3) is 0.429. The Morgan fingerprint density at radius 1 is 1.21 bits per heavy atom. The number of piperidine rings is 2. The molecule has 29 heavy (non-hydrogen) atoms. The lowest BCUT2D eigenvalue weighted by Gasteiger charge is -2.55. The van der Waals surface area contributed by atoms with E-state index in [-0.39, 0.29) is 23.8 Å². The van der Waals surface area contributed by atoms with Crippen LogP contribution < -0.4 is 15.5 Å². The summed E-state index contributed by atoms with van der Waals surface area (Å²) in [6.07, 6.45) is 0. The Hall–Kier alpha value is -3.52. The number of hydrogen-bond acceptors (Lipinski definition) is 7. The van der Waals surface area contributed by atoms with Crippen molar-refractivity contribution in [1.29, 1.82) is 10.5 Å². The second-order valence-corrected chi connectivity index (χ2v) is 7.55. The van der Waals surface area contributed by atoms with E-state index < -0.39 is 29.4 Å². The Labute approximate surface area is 169 Å². The van der Waals surface area contributed by atoms with Crippen molar-refractivity contribution in [2.45, 2.75) is 25.4 Å². The Morgan fingerprint density at radius 3 is 2.34 bits per heavy atom. The maximum atomic E-state index is 12.9. The largest absolute Gasteiger partial charge is 0.466 e. The molecule has 8 nitrogen and oxygen atoms in total. The second-order valence-electron chi connectivity index (χ2n) is 7.55. The molecule has 0 aliphatic carbocycles. The Bertz CT molecular complexity index is 938.